The zero-order chi connectivity index (χ0) is 18.7. The average molecular weight is 372 g/mol. The SMILES string of the molecule is Cc1ccc(S(=O)(=O)NC2CCN(C(=O)c3ccccc3)CC2)c(C)c1. The Morgan fingerprint density at radius 3 is 2.31 bits per heavy atom. The Bertz CT molecular complexity index is 887. The largest absolute Gasteiger partial charge is 0.339 e. The maximum atomic E-state index is 12.7. The van der Waals surface area contributed by atoms with E-state index < -0.39 is 10.0 Å². The van der Waals surface area contributed by atoms with Crippen LogP contribution in [0.4, 0.5) is 0 Å². The number of sulfonamides is 1. The Labute approximate surface area is 155 Å². The number of rotatable bonds is 4. The minimum atomic E-state index is -3.55. The van der Waals surface area contributed by atoms with E-state index in [1.165, 1.54) is 0 Å². The van der Waals surface area contributed by atoms with Crippen LogP contribution in [0.25, 0.3) is 0 Å². The minimum Gasteiger partial charge on any atom is -0.339 e. The third-order valence-electron chi connectivity index (χ3n) is 4.74. The van der Waals surface area contributed by atoms with Gasteiger partial charge in [0.15, 0.2) is 0 Å². The topological polar surface area (TPSA) is 66.5 Å². The van der Waals surface area contributed by atoms with Crippen molar-refractivity contribution in [2.45, 2.75) is 37.6 Å². The van der Waals surface area contributed by atoms with E-state index in [-0.39, 0.29) is 11.9 Å². The van der Waals surface area contributed by atoms with Crippen LogP contribution in [-0.4, -0.2) is 38.4 Å². The van der Waals surface area contributed by atoms with Crippen molar-refractivity contribution >= 4 is 15.9 Å². The predicted octanol–water partition coefficient (Wildman–Crippen LogP) is 2.89. The Balaban J connectivity index is 1.62. The summed E-state index contributed by atoms with van der Waals surface area (Å²) in [5.41, 5.74) is 2.45. The first kappa shape index (κ1) is 18.6. The van der Waals surface area contributed by atoms with Gasteiger partial charge in [-0.1, -0.05) is 35.9 Å². The number of carbonyl (C=O) groups excluding carboxylic acids is 1. The fourth-order valence-electron chi connectivity index (χ4n) is 3.35. The molecule has 6 heteroatoms. The van der Waals surface area contributed by atoms with Gasteiger partial charge in [0.1, 0.15) is 0 Å². The molecule has 0 radical (unpaired) electrons. The molecule has 1 aliphatic rings. The van der Waals surface area contributed by atoms with Gasteiger partial charge in [0.2, 0.25) is 10.0 Å². The number of piperidine rings is 1. The van der Waals surface area contributed by atoms with E-state index in [4.69, 9.17) is 0 Å². The molecule has 3 rings (SSSR count). The number of aryl methyl sites for hydroxylation is 2. The molecule has 1 aliphatic heterocycles. The van der Waals surface area contributed by atoms with E-state index in [0.717, 1.165) is 11.1 Å². The normalized spacial score (nSPS) is 15.8. The summed E-state index contributed by atoms with van der Waals surface area (Å²) in [7, 11) is -3.55. The fourth-order valence-corrected chi connectivity index (χ4v) is 4.88. The lowest BCUT2D eigenvalue weighted by atomic mass is 10.0. The molecule has 0 saturated carbocycles. The number of likely N-dealkylation sites (tertiary alicyclic amines) is 1. The number of amides is 1. The summed E-state index contributed by atoms with van der Waals surface area (Å²) in [5.74, 6) is 0.00119. The van der Waals surface area contributed by atoms with Crippen LogP contribution in [0.3, 0.4) is 0 Å². The van der Waals surface area contributed by atoms with Crippen molar-refractivity contribution in [2.75, 3.05) is 13.1 Å². The van der Waals surface area contributed by atoms with E-state index in [1.807, 2.05) is 44.2 Å². The third kappa shape index (κ3) is 4.14. The molecule has 0 aromatic heterocycles. The van der Waals surface area contributed by atoms with Crippen molar-refractivity contribution in [1.29, 1.82) is 0 Å². The quantitative estimate of drug-likeness (QED) is 0.897. The maximum Gasteiger partial charge on any atom is 0.253 e. The van der Waals surface area contributed by atoms with Crippen molar-refractivity contribution in [2.24, 2.45) is 0 Å². The van der Waals surface area contributed by atoms with E-state index >= 15 is 0 Å². The first-order chi connectivity index (χ1) is 12.4. The van der Waals surface area contributed by atoms with Crippen LogP contribution in [0.15, 0.2) is 53.4 Å². The van der Waals surface area contributed by atoms with Gasteiger partial charge in [-0.2, -0.15) is 0 Å². The van der Waals surface area contributed by atoms with Crippen LogP contribution in [0.5, 0.6) is 0 Å². The number of hydrogen-bond acceptors (Lipinski definition) is 3. The summed E-state index contributed by atoms with van der Waals surface area (Å²) < 4.78 is 28.2. The smallest absolute Gasteiger partial charge is 0.253 e. The molecule has 1 heterocycles. The first-order valence-electron chi connectivity index (χ1n) is 8.81. The predicted molar refractivity (Wildman–Crippen MR) is 102 cm³/mol. The first-order valence-corrected chi connectivity index (χ1v) is 10.3. The van der Waals surface area contributed by atoms with Crippen molar-refractivity contribution in [3.8, 4) is 0 Å². The molecular formula is C20H24N2O3S. The summed E-state index contributed by atoms with van der Waals surface area (Å²) in [5, 5.41) is 0. The monoisotopic (exact) mass is 372 g/mol. The highest BCUT2D eigenvalue weighted by Gasteiger charge is 2.27. The highest BCUT2D eigenvalue weighted by molar-refractivity contribution is 7.89. The number of hydrogen-bond donors (Lipinski definition) is 1. The van der Waals surface area contributed by atoms with E-state index in [1.54, 1.807) is 23.1 Å². The van der Waals surface area contributed by atoms with Gasteiger partial charge in [-0.05, 0) is 50.5 Å². The van der Waals surface area contributed by atoms with Gasteiger partial charge in [-0.15, -0.1) is 0 Å². The molecule has 0 bridgehead atoms. The van der Waals surface area contributed by atoms with E-state index in [9.17, 15) is 13.2 Å². The molecule has 0 unspecified atom stereocenters. The van der Waals surface area contributed by atoms with Crippen molar-refractivity contribution < 1.29 is 13.2 Å². The molecule has 5 nitrogen and oxygen atoms in total. The van der Waals surface area contributed by atoms with Crippen LogP contribution >= 0.6 is 0 Å². The van der Waals surface area contributed by atoms with Gasteiger partial charge in [-0.25, -0.2) is 13.1 Å². The molecule has 0 aliphatic carbocycles. The lowest BCUT2D eigenvalue weighted by Crippen LogP contribution is -2.46. The minimum absolute atomic E-state index is 0.00119. The van der Waals surface area contributed by atoms with Gasteiger partial charge in [0.25, 0.3) is 5.91 Å². The second-order valence-corrected chi connectivity index (χ2v) is 8.51. The third-order valence-corrected chi connectivity index (χ3v) is 6.43. The van der Waals surface area contributed by atoms with Crippen LogP contribution < -0.4 is 4.72 Å². The molecule has 1 fully saturated rings. The van der Waals surface area contributed by atoms with Crippen LogP contribution in [-0.2, 0) is 10.0 Å². The van der Waals surface area contributed by atoms with Crippen LogP contribution in [0.1, 0.15) is 34.3 Å². The molecule has 2 aromatic rings. The van der Waals surface area contributed by atoms with Gasteiger partial charge < -0.3 is 4.90 Å². The zero-order valence-electron chi connectivity index (χ0n) is 15.1. The molecule has 1 amide bonds. The van der Waals surface area contributed by atoms with Gasteiger partial charge in [-0.3, -0.25) is 4.79 Å². The number of nitrogens with zero attached hydrogens (tertiary/aromatic N) is 1. The Morgan fingerprint density at radius 2 is 1.69 bits per heavy atom. The molecular weight excluding hydrogens is 348 g/mol. The number of carbonyl (C=O) groups is 1. The van der Waals surface area contributed by atoms with E-state index in [0.29, 0.717) is 36.4 Å². The lowest BCUT2D eigenvalue weighted by molar-refractivity contribution is 0.0711. The number of nitrogens with one attached hydrogen (secondary N) is 1. The molecule has 0 atom stereocenters. The summed E-state index contributed by atoms with van der Waals surface area (Å²) in [4.78, 5) is 14.6. The van der Waals surface area contributed by atoms with Gasteiger partial charge in [0, 0.05) is 24.7 Å². The molecule has 2 aromatic carbocycles. The summed E-state index contributed by atoms with van der Waals surface area (Å²) >= 11 is 0. The summed E-state index contributed by atoms with van der Waals surface area (Å²) in [6.45, 7) is 4.85. The molecule has 1 saturated heterocycles. The van der Waals surface area contributed by atoms with Gasteiger partial charge >= 0.3 is 0 Å². The van der Waals surface area contributed by atoms with Crippen molar-refractivity contribution in [3.63, 3.8) is 0 Å². The lowest BCUT2D eigenvalue weighted by Gasteiger charge is -2.32. The second kappa shape index (κ2) is 7.60. The highest BCUT2D eigenvalue weighted by Crippen LogP contribution is 2.20. The Kier molecular flexibility index (Phi) is 5.44. The molecule has 26 heavy (non-hydrogen) atoms. The van der Waals surface area contributed by atoms with Gasteiger partial charge in [0.05, 0.1) is 4.90 Å². The standard InChI is InChI=1S/C20H24N2O3S/c1-15-8-9-19(16(2)14-15)26(24,25)21-18-10-12-22(13-11-18)20(23)17-6-4-3-5-7-17/h3-9,14,18,21H,10-13H2,1-2H3. The zero-order valence-corrected chi connectivity index (χ0v) is 15.9. The molecule has 138 valence electrons. The van der Waals surface area contributed by atoms with Crippen LogP contribution in [0.2, 0.25) is 0 Å². The summed E-state index contributed by atoms with van der Waals surface area (Å²) in [6.07, 6.45) is 1.23. The molecule has 1 N–H and O–H groups in total. The van der Waals surface area contributed by atoms with Crippen molar-refractivity contribution in [1.82, 2.24) is 9.62 Å². The highest BCUT2D eigenvalue weighted by atomic mass is 32.2. The fraction of sp³-hybridized carbons (Fsp3) is 0.350. The van der Waals surface area contributed by atoms with Crippen LogP contribution in [0, 0.1) is 13.8 Å². The van der Waals surface area contributed by atoms with Crippen molar-refractivity contribution in [3.05, 3.63) is 65.2 Å². The maximum absolute atomic E-state index is 12.7. The average Bonchev–Trinajstić information content (AvgIpc) is 2.62. The Morgan fingerprint density at radius 1 is 1.04 bits per heavy atom. The summed E-state index contributed by atoms with van der Waals surface area (Å²) in [6, 6.07) is 14.4. The molecule has 0 spiro atoms. The number of benzene rings is 2. The Hall–Kier alpha value is -2.18. The van der Waals surface area contributed by atoms with E-state index in [2.05, 4.69) is 4.72 Å². The second-order valence-electron chi connectivity index (χ2n) is 6.82.